The Bertz CT molecular complexity index is 546. The number of aliphatic hydroxyl groups excluding tert-OH is 1. The number of rotatable bonds is 6. The maximum Gasteiger partial charge on any atom is 0.160 e. The van der Waals surface area contributed by atoms with Gasteiger partial charge in [0.1, 0.15) is 0 Å². The Morgan fingerprint density at radius 1 is 1.41 bits per heavy atom. The summed E-state index contributed by atoms with van der Waals surface area (Å²) in [7, 11) is -3.48. The fraction of sp³-hybridized carbons (Fsp3) is 0.750. The highest BCUT2D eigenvalue weighted by Gasteiger charge is 2.41. The largest absolute Gasteiger partial charge is 0.389 e. The highest BCUT2D eigenvalue weighted by Crippen LogP contribution is 2.35. The molecule has 5 nitrogen and oxygen atoms in total. The van der Waals surface area contributed by atoms with E-state index in [1.807, 2.05) is 6.92 Å². The smallest absolute Gasteiger partial charge is 0.160 e. The minimum Gasteiger partial charge on any atom is -0.389 e. The topological polar surface area (TPSA) is 101 Å². The van der Waals surface area contributed by atoms with E-state index in [9.17, 15) is 18.6 Å². The highest BCUT2D eigenvalue weighted by molar-refractivity contribution is 7.92. The molecule has 3 atom stereocenters. The summed E-state index contributed by atoms with van der Waals surface area (Å²) in [6.45, 7) is 2.17. The molecule has 0 saturated heterocycles. The van der Waals surface area contributed by atoms with Gasteiger partial charge >= 0.3 is 0 Å². The Hall–Kier alpha value is -0.690. The fourth-order valence-electron chi connectivity index (χ4n) is 3.60. The lowest BCUT2D eigenvalue weighted by molar-refractivity contribution is 0.0712. The number of aliphatic hydroxyl groups is 2. The average molecular weight is 329 g/mol. The van der Waals surface area contributed by atoms with Gasteiger partial charge in [0.15, 0.2) is 9.84 Å². The van der Waals surface area contributed by atoms with Crippen molar-refractivity contribution in [1.29, 1.82) is 0 Å². The van der Waals surface area contributed by atoms with Crippen molar-refractivity contribution in [1.82, 2.24) is 0 Å². The molecule has 0 spiro atoms. The first kappa shape index (κ1) is 17.7. The second-order valence-electron chi connectivity index (χ2n) is 6.64. The number of sulfone groups is 1. The zero-order chi connectivity index (χ0) is 16.4. The molecule has 0 amide bonds. The van der Waals surface area contributed by atoms with Gasteiger partial charge in [-0.15, -0.1) is 0 Å². The molecule has 1 fully saturated rings. The maximum atomic E-state index is 12.7. The summed E-state index contributed by atoms with van der Waals surface area (Å²) >= 11 is 0. The van der Waals surface area contributed by atoms with E-state index >= 15 is 0 Å². The van der Waals surface area contributed by atoms with Gasteiger partial charge in [-0.05, 0) is 31.4 Å². The van der Waals surface area contributed by atoms with Crippen molar-refractivity contribution in [2.24, 2.45) is 11.7 Å². The zero-order valence-corrected chi connectivity index (χ0v) is 13.9. The number of nitrogens with two attached hydrogens (primary N) is 1. The van der Waals surface area contributed by atoms with E-state index in [-0.39, 0.29) is 11.7 Å². The molecule has 22 heavy (non-hydrogen) atoms. The van der Waals surface area contributed by atoms with Gasteiger partial charge in [-0.25, -0.2) is 8.42 Å². The van der Waals surface area contributed by atoms with Crippen LogP contribution < -0.4 is 5.73 Å². The monoisotopic (exact) mass is 329 g/mol. The van der Waals surface area contributed by atoms with Crippen molar-refractivity contribution in [2.45, 2.75) is 56.0 Å². The quantitative estimate of drug-likeness (QED) is 0.673. The SMILES string of the molecule is CC1C(C(O)CCN)=CC=CC1S(=O)(=O)CC1(O)CCCC1. The molecule has 0 radical (unpaired) electrons. The van der Waals surface area contributed by atoms with Crippen molar-refractivity contribution >= 4 is 9.84 Å². The lowest BCUT2D eigenvalue weighted by atomic mass is 9.88. The summed E-state index contributed by atoms with van der Waals surface area (Å²) in [4.78, 5) is 0. The van der Waals surface area contributed by atoms with Gasteiger partial charge in [-0.1, -0.05) is 38.0 Å². The van der Waals surface area contributed by atoms with Crippen LogP contribution in [0.4, 0.5) is 0 Å². The van der Waals surface area contributed by atoms with Crippen molar-refractivity contribution < 1.29 is 18.6 Å². The Morgan fingerprint density at radius 3 is 2.64 bits per heavy atom. The molecule has 0 aromatic carbocycles. The number of allylic oxidation sites excluding steroid dienone is 2. The fourth-order valence-corrected chi connectivity index (χ4v) is 5.94. The van der Waals surface area contributed by atoms with Crippen molar-refractivity contribution in [3.8, 4) is 0 Å². The summed E-state index contributed by atoms with van der Waals surface area (Å²) in [6, 6.07) is 0. The second kappa shape index (κ2) is 6.83. The van der Waals surface area contributed by atoms with Gasteiger partial charge in [0.05, 0.1) is 22.7 Å². The minimum absolute atomic E-state index is 0.195. The van der Waals surface area contributed by atoms with Gasteiger partial charge in [0, 0.05) is 5.92 Å². The van der Waals surface area contributed by atoms with E-state index in [0.717, 1.165) is 12.8 Å². The van der Waals surface area contributed by atoms with Gasteiger partial charge < -0.3 is 15.9 Å². The van der Waals surface area contributed by atoms with E-state index < -0.39 is 26.8 Å². The molecule has 2 aliphatic rings. The molecule has 0 aromatic heterocycles. The molecule has 4 N–H and O–H groups in total. The predicted molar refractivity (Wildman–Crippen MR) is 87.1 cm³/mol. The van der Waals surface area contributed by atoms with Crippen LogP contribution in [-0.4, -0.2) is 47.9 Å². The first-order valence-electron chi connectivity index (χ1n) is 7.99. The average Bonchev–Trinajstić information content (AvgIpc) is 2.84. The summed E-state index contributed by atoms with van der Waals surface area (Å²) in [5.41, 5.74) is 5.10. The van der Waals surface area contributed by atoms with Crippen LogP contribution in [0.25, 0.3) is 0 Å². The molecule has 0 bridgehead atoms. The maximum absolute atomic E-state index is 12.7. The van der Waals surface area contributed by atoms with Gasteiger partial charge in [-0.3, -0.25) is 0 Å². The Morgan fingerprint density at radius 2 is 2.05 bits per heavy atom. The van der Waals surface area contributed by atoms with Gasteiger partial charge in [0.2, 0.25) is 0 Å². The van der Waals surface area contributed by atoms with Crippen molar-refractivity contribution in [2.75, 3.05) is 12.3 Å². The van der Waals surface area contributed by atoms with Crippen LogP contribution in [-0.2, 0) is 9.84 Å². The molecule has 0 aliphatic heterocycles. The third-order valence-corrected chi connectivity index (χ3v) is 7.19. The van der Waals surface area contributed by atoms with Crippen LogP contribution in [0.5, 0.6) is 0 Å². The molecule has 1 saturated carbocycles. The normalized spacial score (nSPS) is 29.4. The van der Waals surface area contributed by atoms with E-state index in [1.54, 1.807) is 18.2 Å². The molecule has 0 heterocycles. The molecular formula is C16H27NO4S. The summed E-state index contributed by atoms with van der Waals surface area (Å²) in [5, 5.41) is 19.9. The summed E-state index contributed by atoms with van der Waals surface area (Å²) < 4.78 is 25.5. The third kappa shape index (κ3) is 3.79. The molecule has 3 unspecified atom stereocenters. The van der Waals surface area contributed by atoms with E-state index in [2.05, 4.69) is 0 Å². The molecule has 2 aliphatic carbocycles. The number of hydrogen-bond acceptors (Lipinski definition) is 5. The van der Waals surface area contributed by atoms with Gasteiger partial charge in [-0.2, -0.15) is 0 Å². The van der Waals surface area contributed by atoms with Crippen LogP contribution in [0.15, 0.2) is 23.8 Å². The first-order valence-corrected chi connectivity index (χ1v) is 9.71. The molecule has 2 rings (SSSR count). The minimum atomic E-state index is -3.48. The Balaban J connectivity index is 2.15. The van der Waals surface area contributed by atoms with Crippen molar-refractivity contribution in [3.05, 3.63) is 23.8 Å². The highest BCUT2D eigenvalue weighted by atomic mass is 32.2. The molecule has 126 valence electrons. The summed E-state index contributed by atoms with van der Waals surface area (Å²) in [5.74, 6) is -0.499. The van der Waals surface area contributed by atoms with E-state index in [1.165, 1.54) is 0 Å². The van der Waals surface area contributed by atoms with Crippen LogP contribution in [0.3, 0.4) is 0 Å². The molecular weight excluding hydrogens is 302 g/mol. The number of hydrogen-bond donors (Lipinski definition) is 3. The van der Waals surface area contributed by atoms with Crippen LogP contribution >= 0.6 is 0 Å². The van der Waals surface area contributed by atoms with Crippen LogP contribution in [0.2, 0.25) is 0 Å². The molecule has 0 aromatic rings. The predicted octanol–water partition coefficient (Wildman–Crippen LogP) is 0.917. The summed E-state index contributed by atoms with van der Waals surface area (Å²) in [6.07, 6.45) is 7.70. The zero-order valence-electron chi connectivity index (χ0n) is 13.1. The Kier molecular flexibility index (Phi) is 5.48. The van der Waals surface area contributed by atoms with Crippen LogP contribution in [0, 0.1) is 5.92 Å². The lowest BCUT2D eigenvalue weighted by Gasteiger charge is -2.31. The van der Waals surface area contributed by atoms with Gasteiger partial charge in [0.25, 0.3) is 0 Å². The Labute approximate surface area is 132 Å². The second-order valence-corrected chi connectivity index (χ2v) is 8.80. The van der Waals surface area contributed by atoms with E-state index in [4.69, 9.17) is 5.73 Å². The van der Waals surface area contributed by atoms with E-state index in [0.29, 0.717) is 31.4 Å². The lowest BCUT2D eigenvalue weighted by Crippen LogP contribution is -2.41. The van der Waals surface area contributed by atoms with Crippen LogP contribution in [0.1, 0.15) is 39.0 Å². The van der Waals surface area contributed by atoms with Crippen molar-refractivity contribution in [3.63, 3.8) is 0 Å². The standard InChI is InChI=1S/C16H27NO4S/c1-12-13(14(18)7-10-17)5-4-6-15(12)22(20,21)11-16(19)8-2-3-9-16/h4-6,12,14-15,18-19H,2-3,7-11,17H2,1H3. The third-order valence-electron chi connectivity index (χ3n) is 4.85. The first-order chi connectivity index (χ1) is 10.3. The molecule has 6 heteroatoms.